The van der Waals surface area contributed by atoms with Crippen LogP contribution < -0.4 is 11.2 Å². The predicted octanol–water partition coefficient (Wildman–Crippen LogP) is -0.709. The largest absolute Gasteiger partial charge is 0.394 e. The van der Waals surface area contributed by atoms with Crippen molar-refractivity contribution < 1.29 is 37.6 Å². The molecule has 2 aromatic rings. The third kappa shape index (κ3) is 6.39. The van der Waals surface area contributed by atoms with Crippen molar-refractivity contribution in [3.8, 4) is 0 Å². The van der Waals surface area contributed by atoms with E-state index in [9.17, 15) is 28.2 Å². The third-order valence-corrected chi connectivity index (χ3v) is 7.13. The molecule has 13 heteroatoms. The number of hydrogen-bond acceptors (Lipinski definition) is 10. The molecule has 0 spiro atoms. The van der Waals surface area contributed by atoms with Gasteiger partial charge in [-0.3, -0.25) is 14.3 Å². The number of benzene rings is 1. The Morgan fingerprint density at radius 2 is 1.88 bits per heavy atom. The molecule has 0 bridgehead atoms. The maximum absolute atomic E-state index is 12.5. The highest BCUT2D eigenvalue weighted by Gasteiger charge is 2.45. The van der Waals surface area contributed by atoms with Crippen LogP contribution in [0.15, 0.2) is 51.0 Å². The Hall–Kier alpha value is -2.39. The zero-order valence-corrected chi connectivity index (χ0v) is 19.5. The molecule has 1 aliphatic rings. The van der Waals surface area contributed by atoms with Gasteiger partial charge in [0.2, 0.25) is 0 Å². The topological polar surface area (TPSA) is 166 Å². The maximum atomic E-state index is 12.5. The SMILES string of the molecule is Cc1ccc(S(=O)(=O)CC(C)OCOCO[C@H]2C(O)C(CO)OC2n2ccc(=O)[nH]c2=O)cc1. The van der Waals surface area contributed by atoms with Crippen LogP contribution in [0.5, 0.6) is 0 Å². The standard InChI is InChI=1S/C21H28N2O10S/c1-13-3-5-15(6-4-13)34(28,29)10-14(2)31-11-30-12-32-19-18(26)16(9-24)33-20(19)23-8-7-17(25)22-21(23)27/h3-8,14,16,18-20,24,26H,9-12H2,1-2H3,(H,22,25,27)/t14?,16?,18?,19-,20?/m0/s1. The van der Waals surface area contributed by atoms with Crippen molar-refractivity contribution in [3.05, 3.63) is 62.9 Å². The lowest BCUT2D eigenvalue weighted by atomic mass is 10.1. The molecule has 1 aliphatic heterocycles. The summed E-state index contributed by atoms with van der Waals surface area (Å²) in [5.74, 6) is -0.245. The molecule has 1 aromatic carbocycles. The van der Waals surface area contributed by atoms with E-state index in [0.29, 0.717) is 0 Å². The van der Waals surface area contributed by atoms with Crippen LogP contribution in [0.1, 0.15) is 18.7 Å². The molecule has 0 amide bonds. The first-order chi connectivity index (χ1) is 16.1. The summed E-state index contributed by atoms with van der Waals surface area (Å²) in [6.45, 7) is 2.26. The predicted molar refractivity (Wildman–Crippen MR) is 118 cm³/mol. The van der Waals surface area contributed by atoms with Gasteiger partial charge in [0.15, 0.2) is 16.1 Å². The van der Waals surface area contributed by atoms with E-state index < -0.39 is 58.3 Å². The fourth-order valence-corrected chi connectivity index (χ4v) is 4.88. The van der Waals surface area contributed by atoms with Crippen molar-refractivity contribution in [3.63, 3.8) is 0 Å². The number of aromatic nitrogens is 2. The van der Waals surface area contributed by atoms with E-state index in [1.165, 1.54) is 6.20 Å². The molecule has 2 heterocycles. The maximum Gasteiger partial charge on any atom is 0.330 e. The van der Waals surface area contributed by atoms with Gasteiger partial charge in [0.25, 0.3) is 5.56 Å². The molecule has 1 saturated heterocycles. The first kappa shape index (κ1) is 26.2. The molecule has 1 fully saturated rings. The molecular weight excluding hydrogens is 472 g/mol. The molecule has 5 atom stereocenters. The number of nitrogens with zero attached hydrogens (tertiary/aromatic N) is 1. The van der Waals surface area contributed by atoms with E-state index in [-0.39, 0.29) is 24.2 Å². The van der Waals surface area contributed by atoms with Gasteiger partial charge >= 0.3 is 5.69 Å². The monoisotopic (exact) mass is 500 g/mol. The molecule has 3 N–H and O–H groups in total. The Labute approximate surface area is 195 Å². The normalized spacial score (nSPS) is 23.8. The number of hydrogen-bond donors (Lipinski definition) is 3. The second-order valence-corrected chi connectivity index (χ2v) is 9.93. The Kier molecular flexibility index (Phi) is 8.76. The number of aromatic amines is 1. The summed E-state index contributed by atoms with van der Waals surface area (Å²) >= 11 is 0. The Balaban J connectivity index is 1.51. The van der Waals surface area contributed by atoms with Crippen molar-refractivity contribution in [1.82, 2.24) is 9.55 Å². The fraction of sp³-hybridized carbons (Fsp3) is 0.524. The summed E-state index contributed by atoms with van der Waals surface area (Å²) in [7, 11) is -3.54. The minimum absolute atomic E-state index is 0.204. The molecule has 3 rings (SSSR count). The Morgan fingerprint density at radius 3 is 2.53 bits per heavy atom. The summed E-state index contributed by atoms with van der Waals surface area (Å²) in [5, 5.41) is 19.8. The molecule has 188 valence electrons. The molecular formula is C21H28N2O10S. The zero-order chi connectivity index (χ0) is 24.9. The molecule has 34 heavy (non-hydrogen) atoms. The van der Waals surface area contributed by atoms with Gasteiger partial charge in [-0.1, -0.05) is 17.7 Å². The van der Waals surface area contributed by atoms with Crippen LogP contribution in [0.25, 0.3) is 0 Å². The first-order valence-corrected chi connectivity index (χ1v) is 12.1. The first-order valence-electron chi connectivity index (χ1n) is 10.5. The molecule has 0 saturated carbocycles. The smallest absolute Gasteiger partial charge is 0.330 e. The summed E-state index contributed by atoms with van der Waals surface area (Å²) in [6.07, 6.45) is -4.00. The van der Waals surface area contributed by atoms with Crippen LogP contribution in [0, 0.1) is 6.92 Å². The fourth-order valence-electron chi connectivity index (χ4n) is 3.42. The highest BCUT2D eigenvalue weighted by Crippen LogP contribution is 2.30. The van der Waals surface area contributed by atoms with Crippen LogP contribution >= 0.6 is 0 Å². The lowest BCUT2D eigenvalue weighted by Gasteiger charge is -2.22. The number of aliphatic hydroxyl groups excluding tert-OH is 2. The molecule has 1 aromatic heterocycles. The van der Waals surface area contributed by atoms with Gasteiger partial charge < -0.3 is 29.2 Å². The number of sulfone groups is 1. The van der Waals surface area contributed by atoms with Gasteiger partial charge in [-0.05, 0) is 26.0 Å². The van der Waals surface area contributed by atoms with Crippen molar-refractivity contribution >= 4 is 9.84 Å². The summed E-state index contributed by atoms with van der Waals surface area (Å²) < 4.78 is 47.6. The van der Waals surface area contributed by atoms with Gasteiger partial charge in [0.1, 0.15) is 31.9 Å². The number of nitrogens with one attached hydrogen (secondary N) is 1. The Bertz CT molecular complexity index is 1160. The van der Waals surface area contributed by atoms with Gasteiger partial charge in [0, 0.05) is 12.3 Å². The minimum Gasteiger partial charge on any atom is -0.394 e. The van der Waals surface area contributed by atoms with Gasteiger partial charge in [-0.15, -0.1) is 0 Å². The number of aryl methyl sites for hydroxylation is 1. The van der Waals surface area contributed by atoms with Crippen molar-refractivity contribution in [1.29, 1.82) is 0 Å². The van der Waals surface area contributed by atoms with Crippen molar-refractivity contribution in [2.24, 2.45) is 0 Å². The average Bonchev–Trinajstić information content (AvgIpc) is 3.08. The van der Waals surface area contributed by atoms with Gasteiger partial charge in [0.05, 0.1) is 23.4 Å². The highest BCUT2D eigenvalue weighted by molar-refractivity contribution is 7.91. The van der Waals surface area contributed by atoms with E-state index in [2.05, 4.69) is 4.98 Å². The van der Waals surface area contributed by atoms with Crippen LogP contribution in [-0.4, -0.2) is 78.5 Å². The second-order valence-electron chi connectivity index (χ2n) is 7.90. The summed E-state index contributed by atoms with van der Waals surface area (Å²) in [6, 6.07) is 7.63. The average molecular weight is 501 g/mol. The third-order valence-electron chi connectivity index (χ3n) is 5.23. The zero-order valence-electron chi connectivity index (χ0n) is 18.7. The Morgan fingerprint density at radius 1 is 1.18 bits per heavy atom. The molecule has 12 nitrogen and oxygen atoms in total. The van der Waals surface area contributed by atoms with E-state index in [0.717, 1.165) is 16.2 Å². The van der Waals surface area contributed by atoms with Gasteiger partial charge in [-0.2, -0.15) is 0 Å². The highest BCUT2D eigenvalue weighted by atomic mass is 32.2. The van der Waals surface area contributed by atoms with Crippen molar-refractivity contribution in [2.75, 3.05) is 25.9 Å². The van der Waals surface area contributed by atoms with E-state index >= 15 is 0 Å². The van der Waals surface area contributed by atoms with Crippen LogP contribution in [0.2, 0.25) is 0 Å². The second kappa shape index (κ2) is 11.4. The van der Waals surface area contributed by atoms with Crippen LogP contribution in [0.4, 0.5) is 0 Å². The van der Waals surface area contributed by atoms with Gasteiger partial charge in [-0.25, -0.2) is 13.2 Å². The van der Waals surface area contributed by atoms with E-state index in [4.69, 9.17) is 18.9 Å². The quantitative estimate of drug-likeness (QED) is 0.265. The number of ether oxygens (including phenoxy) is 4. The number of aliphatic hydroxyl groups is 2. The summed E-state index contributed by atoms with van der Waals surface area (Å²) in [4.78, 5) is 25.7. The molecule has 4 unspecified atom stereocenters. The summed E-state index contributed by atoms with van der Waals surface area (Å²) in [5.41, 5.74) is -0.424. The minimum atomic E-state index is -3.54. The molecule has 0 radical (unpaired) electrons. The lowest BCUT2D eigenvalue weighted by molar-refractivity contribution is -0.182. The van der Waals surface area contributed by atoms with Crippen molar-refractivity contribution in [2.45, 2.75) is 49.4 Å². The number of H-pyrrole nitrogens is 1. The van der Waals surface area contributed by atoms with E-state index in [1.54, 1.807) is 31.2 Å². The van der Waals surface area contributed by atoms with E-state index in [1.807, 2.05) is 6.92 Å². The lowest BCUT2D eigenvalue weighted by Crippen LogP contribution is -2.39. The number of rotatable bonds is 11. The van der Waals surface area contributed by atoms with Crippen LogP contribution in [-0.2, 0) is 28.8 Å². The molecule has 0 aliphatic carbocycles. The van der Waals surface area contributed by atoms with Crippen LogP contribution in [0.3, 0.4) is 0 Å².